The highest BCUT2D eigenvalue weighted by molar-refractivity contribution is 7.88. The van der Waals surface area contributed by atoms with Crippen molar-refractivity contribution < 1.29 is 12.8 Å². The molecule has 106 valence electrons. The average molecular weight is 287 g/mol. The van der Waals surface area contributed by atoms with E-state index in [1.165, 1.54) is 16.6 Å². The zero-order valence-electron chi connectivity index (χ0n) is 10.8. The summed E-state index contributed by atoms with van der Waals surface area (Å²) in [5.74, 6) is -0.314. The molecule has 0 saturated carbocycles. The number of benzene rings is 1. The van der Waals surface area contributed by atoms with E-state index in [0.717, 1.165) is 0 Å². The van der Waals surface area contributed by atoms with Crippen LogP contribution in [0.15, 0.2) is 18.2 Å². The highest BCUT2D eigenvalue weighted by Gasteiger charge is 2.23. The molecule has 0 unspecified atom stereocenters. The van der Waals surface area contributed by atoms with Gasteiger partial charge < -0.3 is 5.73 Å². The molecule has 0 aromatic heterocycles. The van der Waals surface area contributed by atoms with E-state index >= 15 is 0 Å². The van der Waals surface area contributed by atoms with Crippen molar-refractivity contribution in [3.05, 3.63) is 29.6 Å². The topological polar surface area (TPSA) is 66.6 Å². The first-order valence-corrected chi connectivity index (χ1v) is 7.92. The van der Waals surface area contributed by atoms with Crippen LogP contribution in [-0.4, -0.2) is 50.1 Å². The molecule has 2 rings (SSSR count). The molecule has 0 bridgehead atoms. The van der Waals surface area contributed by atoms with Crippen molar-refractivity contribution in [3.8, 4) is 0 Å². The Bertz CT molecular complexity index is 554. The summed E-state index contributed by atoms with van der Waals surface area (Å²) in [6.45, 7) is 2.60. The lowest BCUT2D eigenvalue weighted by molar-refractivity contribution is 0.180. The van der Waals surface area contributed by atoms with Gasteiger partial charge in [0, 0.05) is 44.0 Å². The summed E-state index contributed by atoms with van der Waals surface area (Å²) >= 11 is 0. The van der Waals surface area contributed by atoms with E-state index in [0.29, 0.717) is 44.0 Å². The van der Waals surface area contributed by atoms with Gasteiger partial charge in [-0.15, -0.1) is 0 Å². The second-order valence-electron chi connectivity index (χ2n) is 4.79. The molecule has 1 aromatic rings. The number of rotatable bonds is 3. The molecule has 2 N–H and O–H groups in total. The highest BCUT2D eigenvalue weighted by atomic mass is 32.2. The molecule has 0 radical (unpaired) electrons. The van der Waals surface area contributed by atoms with Crippen LogP contribution in [0.3, 0.4) is 0 Å². The molecular formula is C12H18FN3O2S. The van der Waals surface area contributed by atoms with Gasteiger partial charge in [0.05, 0.1) is 6.26 Å². The molecule has 7 heteroatoms. The van der Waals surface area contributed by atoms with Crippen molar-refractivity contribution in [2.24, 2.45) is 0 Å². The minimum Gasteiger partial charge on any atom is -0.399 e. The van der Waals surface area contributed by atoms with E-state index in [4.69, 9.17) is 5.73 Å². The minimum atomic E-state index is -3.12. The largest absolute Gasteiger partial charge is 0.399 e. The monoisotopic (exact) mass is 287 g/mol. The third-order valence-corrected chi connectivity index (χ3v) is 4.57. The third-order valence-electron chi connectivity index (χ3n) is 3.27. The lowest BCUT2D eigenvalue weighted by Gasteiger charge is -2.33. The molecule has 5 nitrogen and oxygen atoms in total. The zero-order chi connectivity index (χ0) is 14.0. The fourth-order valence-electron chi connectivity index (χ4n) is 2.15. The van der Waals surface area contributed by atoms with Gasteiger partial charge in [0.15, 0.2) is 0 Å². The first kappa shape index (κ1) is 14.2. The molecule has 0 amide bonds. The first-order chi connectivity index (χ1) is 8.86. The van der Waals surface area contributed by atoms with Crippen molar-refractivity contribution in [3.63, 3.8) is 0 Å². The van der Waals surface area contributed by atoms with Gasteiger partial charge in [-0.3, -0.25) is 4.90 Å². The maximum absolute atomic E-state index is 13.7. The predicted octanol–water partition coefficient (Wildman–Crippen LogP) is 0.485. The van der Waals surface area contributed by atoms with Gasteiger partial charge in [-0.05, 0) is 12.1 Å². The Labute approximate surface area is 112 Å². The van der Waals surface area contributed by atoms with Crippen LogP contribution in [0.5, 0.6) is 0 Å². The van der Waals surface area contributed by atoms with Crippen LogP contribution in [0, 0.1) is 5.82 Å². The lowest BCUT2D eigenvalue weighted by atomic mass is 10.1. The Morgan fingerprint density at radius 2 is 1.89 bits per heavy atom. The molecular weight excluding hydrogens is 269 g/mol. The van der Waals surface area contributed by atoms with Gasteiger partial charge >= 0.3 is 0 Å². The van der Waals surface area contributed by atoms with Crippen LogP contribution in [-0.2, 0) is 16.6 Å². The molecule has 0 aliphatic carbocycles. The van der Waals surface area contributed by atoms with Crippen LogP contribution < -0.4 is 5.73 Å². The standard InChI is InChI=1S/C12H18FN3O2S/c1-19(17,18)16-6-4-15(5-7-16)9-10-2-3-11(14)8-12(10)13/h2-3,8H,4-7,9,14H2,1H3. The summed E-state index contributed by atoms with van der Waals surface area (Å²) < 4.78 is 37.9. The van der Waals surface area contributed by atoms with Crippen LogP contribution in [0.1, 0.15) is 5.56 Å². The predicted molar refractivity (Wildman–Crippen MR) is 72.5 cm³/mol. The molecule has 1 heterocycles. The second-order valence-corrected chi connectivity index (χ2v) is 6.77. The van der Waals surface area contributed by atoms with Gasteiger partial charge in [0.1, 0.15) is 5.82 Å². The second kappa shape index (κ2) is 5.44. The number of nitrogens with zero attached hydrogens (tertiary/aromatic N) is 2. The number of hydrogen-bond donors (Lipinski definition) is 1. The van der Waals surface area contributed by atoms with E-state index in [1.54, 1.807) is 12.1 Å². The van der Waals surface area contributed by atoms with Crippen molar-refractivity contribution >= 4 is 15.7 Å². The van der Waals surface area contributed by atoms with Crippen molar-refractivity contribution in [2.45, 2.75) is 6.54 Å². The normalized spacial score (nSPS) is 18.6. The number of nitrogens with two attached hydrogens (primary N) is 1. The Morgan fingerprint density at radius 1 is 1.26 bits per heavy atom. The maximum atomic E-state index is 13.7. The number of halogens is 1. The van der Waals surface area contributed by atoms with Crippen LogP contribution in [0.25, 0.3) is 0 Å². The molecule has 19 heavy (non-hydrogen) atoms. The Balaban J connectivity index is 1.96. The fraction of sp³-hybridized carbons (Fsp3) is 0.500. The van der Waals surface area contributed by atoms with Crippen molar-refractivity contribution in [1.29, 1.82) is 0 Å². The van der Waals surface area contributed by atoms with Gasteiger partial charge in [-0.25, -0.2) is 12.8 Å². The quantitative estimate of drug-likeness (QED) is 0.821. The van der Waals surface area contributed by atoms with Crippen LogP contribution in [0.2, 0.25) is 0 Å². The van der Waals surface area contributed by atoms with Gasteiger partial charge in [0.25, 0.3) is 0 Å². The van der Waals surface area contributed by atoms with E-state index in [1.807, 2.05) is 4.90 Å². The minimum absolute atomic E-state index is 0.314. The number of anilines is 1. The number of piperazine rings is 1. The van der Waals surface area contributed by atoms with Crippen LogP contribution in [0.4, 0.5) is 10.1 Å². The molecule has 0 spiro atoms. The molecule has 0 atom stereocenters. The zero-order valence-corrected chi connectivity index (χ0v) is 11.7. The van der Waals surface area contributed by atoms with Crippen LogP contribution >= 0.6 is 0 Å². The third kappa shape index (κ3) is 3.65. The SMILES string of the molecule is CS(=O)(=O)N1CCN(Cc2ccc(N)cc2F)CC1. The van der Waals surface area contributed by atoms with E-state index in [2.05, 4.69) is 0 Å². The fourth-order valence-corrected chi connectivity index (χ4v) is 2.98. The lowest BCUT2D eigenvalue weighted by Crippen LogP contribution is -2.47. The van der Waals surface area contributed by atoms with Gasteiger partial charge in [0.2, 0.25) is 10.0 Å². The molecule has 1 saturated heterocycles. The number of nitrogen functional groups attached to an aromatic ring is 1. The first-order valence-electron chi connectivity index (χ1n) is 6.07. The molecule has 1 aliphatic rings. The van der Waals surface area contributed by atoms with E-state index < -0.39 is 10.0 Å². The van der Waals surface area contributed by atoms with Gasteiger partial charge in [-0.1, -0.05) is 6.07 Å². The summed E-state index contributed by atoms with van der Waals surface area (Å²) in [6.07, 6.45) is 1.21. The maximum Gasteiger partial charge on any atom is 0.211 e. The summed E-state index contributed by atoms with van der Waals surface area (Å²) in [6, 6.07) is 4.65. The van der Waals surface area contributed by atoms with E-state index in [9.17, 15) is 12.8 Å². The van der Waals surface area contributed by atoms with Crippen molar-refractivity contribution in [1.82, 2.24) is 9.21 Å². The highest BCUT2D eigenvalue weighted by Crippen LogP contribution is 2.15. The van der Waals surface area contributed by atoms with Crippen molar-refractivity contribution in [2.75, 3.05) is 38.2 Å². The smallest absolute Gasteiger partial charge is 0.211 e. The number of sulfonamides is 1. The summed E-state index contributed by atoms with van der Waals surface area (Å²) in [5.41, 5.74) is 6.49. The molecule has 1 aromatic carbocycles. The molecule has 1 aliphatic heterocycles. The Morgan fingerprint density at radius 3 is 2.42 bits per heavy atom. The Kier molecular flexibility index (Phi) is 4.07. The molecule has 1 fully saturated rings. The van der Waals surface area contributed by atoms with E-state index in [-0.39, 0.29) is 5.82 Å². The summed E-state index contributed by atoms with van der Waals surface area (Å²) in [5, 5.41) is 0. The average Bonchev–Trinajstić information content (AvgIpc) is 2.32. The summed E-state index contributed by atoms with van der Waals surface area (Å²) in [4.78, 5) is 2.04. The Hall–Kier alpha value is -1.18. The summed E-state index contributed by atoms with van der Waals surface area (Å²) in [7, 11) is -3.12. The van der Waals surface area contributed by atoms with Gasteiger partial charge in [-0.2, -0.15) is 4.31 Å². The number of hydrogen-bond acceptors (Lipinski definition) is 4.